The number of sulfone groups is 1. The first-order chi connectivity index (χ1) is 7.33. The third-order valence-electron chi connectivity index (χ3n) is 1.74. The van der Waals surface area contributed by atoms with Crippen molar-refractivity contribution in [3.8, 4) is 0 Å². The fourth-order valence-electron chi connectivity index (χ4n) is 1.24. The van der Waals surface area contributed by atoms with Crippen molar-refractivity contribution >= 4 is 15.8 Å². The average Bonchev–Trinajstić information content (AvgIpc) is 2.44. The first-order valence-electron chi connectivity index (χ1n) is 4.73. The Morgan fingerprint density at radius 3 is 2.69 bits per heavy atom. The molecule has 90 valence electrons. The van der Waals surface area contributed by atoms with Gasteiger partial charge in [-0.2, -0.15) is 5.10 Å². The monoisotopic (exact) mass is 246 g/mol. The fourth-order valence-corrected chi connectivity index (χ4v) is 1.88. The molecule has 16 heavy (non-hydrogen) atoms. The summed E-state index contributed by atoms with van der Waals surface area (Å²) in [6, 6.07) is 1.50. The third kappa shape index (κ3) is 3.34. The molecule has 0 spiro atoms. The molecule has 7 heteroatoms. The summed E-state index contributed by atoms with van der Waals surface area (Å²) in [5.41, 5.74) is 0.733. The summed E-state index contributed by atoms with van der Waals surface area (Å²) >= 11 is 0. The van der Waals surface area contributed by atoms with Crippen LogP contribution in [0.1, 0.15) is 23.1 Å². The van der Waals surface area contributed by atoms with Gasteiger partial charge in [-0.25, -0.2) is 17.9 Å². The number of nitrogens with zero attached hydrogens (tertiary/aromatic N) is 2. The maximum atomic E-state index is 11.5. The highest BCUT2D eigenvalue weighted by Gasteiger charge is 2.17. The Bertz CT molecular complexity index is 490. The van der Waals surface area contributed by atoms with E-state index in [0.717, 1.165) is 10.9 Å². The van der Waals surface area contributed by atoms with Crippen molar-refractivity contribution in [2.24, 2.45) is 0 Å². The van der Waals surface area contributed by atoms with E-state index in [1.165, 1.54) is 6.07 Å². The van der Waals surface area contributed by atoms with Crippen LogP contribution in [0.15, 0.2) is 6.07 Å². The molecular formula is C9H14N2O4S. The fraction of sp³-hybridized carbons (Fsp3) is 0.556. The van der Waals surface area contributed by atoms with E-state index in [4.69, 9.17) is 4.74 Å². The van der Waals surface area contributed by atoms with Gasteiger partial charge in [-0.15, -0.1) is 0 Å². The molecule has 0 radical (unpaired) electrons. The van der Waals surface area contributed by atoms with Crippen molar-refractivity contribution in [3.63, 3.8) is 0 Å². The van der Waals surface area contributed by atoms with E-state index in [-0.39, 0.29) is 18.2 Å². The molecular weight excluding hydrogens is 232 g/mol. The van der Waals surface area contributed by atoms with Gasteiger partial charge < -0.3 is 4.74 Å². The molecule has 0 atom stereocenters. The molecule has 0 fully saturated rings. The predicted molar refractivity (Wildman–Crippen MR) is 57.8 cm³/mol. The van der Waals surface area contributed by atoms with Crippen LogP contribution in [0.3, 0.4) is 0 Å². The Kier molecular flexibility index (Phi) is 3.69. The number of carbonyl (C=O) groups excluding carboxylic acids is 1. The SMILES string of the molecule is CCOC(=O)c1cc(C)nn1CS(C)(=O)=O. The van der Waals surface area contributed by atoms with E-state index < -0.39 is 15.8 Å². The van der Waals surface area contributed by atoms with Crippen molar-refractivity contribution in [1.82, 2.24) is 9.78 Å². The lowest BCUT2D eigenvalue weighted by Crippen LogP contribution is -2.17. The van der Waals surface area contributed by atoms with Crippen LogP contribution >= 0.6 is 0 Å². The van der Waals surface area contributed by atoms with E-state index in [1.54, 1.807) is 13.8 Å². The largest absolute Gasteiger partial charge is 0.461 e. The lowest BCUT2D eigenvalue weighted by Gasteiger charge is -2.04. The summed E-state index contributed by atoms with van der Waals surface area (Å²) in [6.45, 7) is 3.60. The summed E-state index contributed by atoms with van der Waals surface area (Å²) in [4.78, 5) is 11.5. The zero-order valence-electron chi connectivity index (χ0n) is 9.43. The molecule has 1 heterocycles. The van der Waals surface area contributed by atoms with Crippen LogP contribution in [0.25, 0.3) is 0 Å². The second-order valence-electron chi connectivity index (χ2n) is 3.45. The summed E-state index contributed by atoms with van der Waals surface area (Å²) in [5.74, 6) is -0.888. The number of hydrogen-bond donors (Lipinski definition) is 0. The second-order valence-corrected chi connectivity index (χ2v) is 5.56. The Labute approximate surface area is 94.1 Å². The van der Waals surface area contributed by atoms with Crippen LogP contribution < -0.4 is 0 Å². The first-order valence-corrected chi connectivity index (χ1v) is 6.79. The molecule has 0 aromatic carbocycles. The molecule has 0 bridgehead atoms. The normalized spacial score (nSPS) is 11.4. The van der Waals surface area contributed by atoms with Crippen molar-refractivity contribution in [1.29, 1.82) is 0 Å². The minimum atomic E-state index is -3.24. The first kappa shape index (κ1) is 12.7. The van der Waals surface area contributed by atoms with Gasteiger partial charge in [0.25, 0.3) is 0 Å². The molecule has 0 aliphatic rings. The minimum absolute atomic E-state index is 0.157. The van der Waals surface area contributed by atoms with Gasteiger partial charge in [0.1, 0.15) is 11.6 Å². The number of carbonyl (C=O) groups is 1. The standard InChI is InChI=1S/C9H14N2O4S/c1-4-15-9(12)8-5-7(2)10-11(8)6-16(3,13)14/h5H,4,6H2,1-3H3. The number of ether oxygens (including phenoxy) is 1. The molecule has 0 aliphatic carbocycles. The summed E-state index contributed by atoms with van der Waals surface area (Å²) in [6.07, 6.45) is 1.08. The second kappa shape index (κ2) is 4.65. The molecule has 0 amide bonds. The topological polar surface area (TPSA) is 78.3 Å². The number of hydrogen-bond acceptors (Lipinski definition) is 5. The van der Waals surface area contributed by atoms with Crippen molar-refractivity contribution in [2.75, 3.05) is 12.9 Å². The quantitative estimate of drug-likeness (QED) is 0.717. The summed E-state index contributed by atoms with van der Waals surface area (Å²) in [7, 11) is -3.24. The third-order valence-corrected chi connectivity index (χ3v) is 2.46. The van der Waals surface area contributed by atoms with Gasteiger partial charge in [0.15, 0.2) is 9.84 Å². The molecule has 0 saturated heterocycles. The van der Waals surface area contributed by atoms with Crippen molar-refractivity contribution in [2.45, 2.75) is 19.7 Å². The highest BCUT2D eigenvalue weighted by molar-refractivity contribution is 7.89. The lowest BCUT2D eigenvalue weighted by atomic mass is 10.4. The van der Waals surface area contributed by atoms with E-state index in [1.807, 2.05) is 0 Å². The Hall–Kier alpha value is -1.37. The average molecular weight is 246 g/mol. The highest BCUT2D eigenvalue weighted by Crippen LogP contribution is 2.07. The van der Waals surface area contributed by atoms with Gasteiger partial charge in [-0.05, 0) is 19.9 Å². The number of aryl methyl sites for hydroxylation is 1. The number of rotatable bonds is 4. The zero-order chi connectivity index (χ0) is 12.3. The van der Waals surface area contributed by atoms with E-state index in [2.05, 4.69) is 5.10 Å². The van der Waals surface area contributed by atoms with Crippen molar-refractivity contribution < 1.29 is 17.9 Å². The highest BCUT2D eigenvalue weighted by atomic mass is 32.2. The zero-order valence-corrected chi connectivity index (χ0v) is 10.2. The molecule has 1 aromatic heterocycles. The molecule has 0 unspecified atom stereocenters. The van der Waals surface area contributed by atoms with Crippen LogP contribution in [-0.2, 0) is 20.5 Å². The van der Waals surface area contributed by atoms with Gasteiger partial charge in [-0.3, -0.25) is 0 Å². The Balaban J connectivity index is 3.05. The van der Waals surface area contributed by atoms with Crippen LogP contribution in [-0.4, -0.2) is 37.0 Å². The number of esters is 1. The van der Waals surface area contributed by atoms with Gasteiger partial charge >= 0.3 is 5.97 Å². The van der Waals surface area contributed by atoms with Crippen LogP contribution in [0.4, 0.5) is 0 Å². The molecule has 6 nitrogen and oxygen atoms in total. The maximum Gasteiger partial charge on any atom is 0.356 e. The van der Waals surface area contributed by atoms with Gasteiger partial charge in [0, 0.05) is 6.26 Å². The lowest BCUT2D eigenvalue weighted by molar-refractivity contribution is 0.0513. The molecule has 0 saturated carbocycles. The van der Waals surface area contributed by atoms with E-state index in [9.17, 15) is 13.2 Å². The molecule has 0 aliphatic heterocycles. The molecule has 0 N–H and O–H groups in total. The van der Waals surface area contributed by atoms with E-state index >= 15 is 0 Å². The Morgan fingerprint density at radius 2 is 2.19 bits per heavy atom. The van der Waals surface area contributed by atoms with E-state index in [0.29, 0.717) is 5.69 Å². The summed E-state index contributed by atoms with van der Waals surface area (Å²) < 4.78 is 28.2. The van der Waals surface area contributed by atoms with Gasteiger partial charge in [-0.1, -0.05) is 0 Å². The molecule has 1 rings (SSSR count). The minimum Gasteiger partial charge on any atom is -0.461 e. The Morgan fingerprint density at radius 1 is 1.56 bits per heavy atom. The van der Waals surface area contributed by atoms with Crippen LogP contribution in [0.5, 0.6) is 0 Å². The van der Waals surface area contributed by atoms with Gasteiger partial charge in [0.05, 0.1) is 12.3 Å². The van der Waals surface area contributed by atoms with Gasteiger partial charge in [0.2, 0.25) is 0 Å². The molecule has 1 aromatic rings. The number of aromatic nitrogens is 2. The van der Waals surface area contributed by atoms with Crippen molar-refractivity contribution in [3.05, 3.63) is 17.5 Å². The smallest absolute Gasteiger partial charge is 0.356 e. The predicted octanol–water partition coefficient (Wildman–Crippen LogP) is 0.370. The summed E-state index contributed by atoms with van der Waals surface area (Å²) in [5, 5.41) is 3.94. The van der Waals surface area contributed by atoms with Crippen LogP contribution in [0.2, 0.25) is 0 Å². The maximum absolute atomic E-state index is 11.5. The van der Waals surface area contributed by atoms with Crippen LogP contribution in [0, 0.1) is 6.92 Å².